The zero-order chi connectivity index (χ0) is 51.3. The minimum Gasteiger partial charge on any atom is -0.375 e. The summed E-state index contributed by atoms with van der Waals surface area (Å²) in [6, 6.07) is 64.1. The van der Waals surface area contributed by atoms with Crippen molar-refractivity contribution in [2.24, 2.45) is 0 Å². The first kappa shape index (κ1) is 46.9. The van der Waals surface area contributed by atoms with Gasteiger partial charge >= 0.3 is 6.85 Å². The zero-order valence-corrected chi connectivity index (χ0v) is 45.6. The molecule has 0 amide bonds. The summed E-state index contributed by atoms with van der Waals surface area (Å²) >= 11 is 0. The molecule has 0 saturated heterocycles. The largest absolute Gasteiger partial charge is 0.375 e. The number of aryl methyl sites for hydroxylation is 2. The predicted octanol–water partition coefficient (Wildman–Crippen LogP) is 18.2. The SMILES string of the molecule is Cc1cccc(C)c1-c1cccc2c1ccc1c2c2cccc3c2n1B1c2cc(-c4ccc(C(C)(C)C)cc4)ccc2N(c2cc(C(C)(C)C)cc(C(C)(C)C)c2)c2cc(-c4ccc(C(C)(C)C)cc4)cc-3c21. The van der Waals surface area contributed by atoms with Crippen molar-refractivity contribution in [1.29, 1.82) is 0 Å². The molecule has 0 N–H and O–H groups in total. The van der Waals surface area contributed by atoms with Crippen molar-refractivity contribution in [1.82, 2.24) is 4.48 Å². The topological polar surface area (TPSA) is 8.17 Å². The second-order valence-corrected chi connectivity index (χ2v) is 25.6. The van der Waals surface area contributed by atoms with Crippen molar-refractivity contribution in [3.05, 3.63) is 197 Å². The monoisotopic (exact) mass is 949 g/mol. The van der Waals surface area contributed by atoms with Gasteiger partial charge in [0.15, 0.2) is 0 Å². The van der Waals surface area contributed by atoms with Crippen LogP contribution in [-0.2, 0) is 21.7 Å². The first-order valence-corrected chi connectivity index (χ1v) is 26.6. The van der Waals surface area contributed by atoms with Crippen molar-refractivity contribution >= 4 is 67.4 Å². The highest BCUT2D eigenvalue weighted by molar-refractivity contribution is 6.90. The van der Waals surface area contributed by atoms with Gasteiger partial charge in [-0.2, -0.15) is 0 Å². The first-order chi connectivity index (χ1) is 34.6. The summed E-state index contributed by atoms with van der Waals surface area (Å²) in [5.74, 6) is 0. The minimum absolute atomic E-state index is 0.0528. The molecule has 10 aromatic rings. The molecule has 0 atom stereocenters. The van der Waals surface area contributed by atoms with Crippen molar-refractivity contribution < 1.29 is 0 Å². The number of rotatable bonds is 4. The summed E-state index contributed by atoms with van der Waals surface area (Å²) in [5.41, 5.74) is 27.0. The summed E-state index contributed by atoms with van der Waals surface area (Å²) in [6.07, 6.45) is 0. The predicted molar refractivity (Wildman–Crippen MR) is 318 cm³/mol. The van der Waals surface area contributed by atoms with Gasteiger partial charge in [0.05, 0.1) is 0 Å². The molecule has 1 aromatic heterocycles. The Kier molecular flexibility index (Phi) is 10.4. The van der Waals surface area contributed by atoms with Gasteiger partial charge in [-0.3, -0.25) is 0 Å². The van der Waals surface area contributed by atoms with Crippen LogP contribution in [0, 0.1) is 13.8 Å². The maximum atomic E-state index is 2.74. The highest BCUT2D eigenvalue weighted by Gasteiger charge is 2.44. The lowest BCUT2D eigenvalue weighted by molar-refractivity contribution is 0.569. The van der Waals surface area contributed by atoms with Crippen molar-refractivity contribution in [3.8, 4) is 44.5 Å². The molecule has 12 rings (SSSR count). The summed E-state index contributed by atoms with van der Waals surface area (Å²) in [5, 5.41) is 5.21. The lowest BCUT2D eigenvalue weighted by Gasteiger charge is -2.41. The van der Waals surface area contributed by atoms with Crippen LogP contribution in [-0.4, -0.2) is 11.3 Å². The fourth-order valence-corrected chi connectivity index (χ4v) is 12.3. The fraction of sp³-hybridized carbons (Fsp3) is 0.257. The second-order valence-electron chi connectivity index (χ2n) is 25.6. The molecule has 0 bridgehead atoms. The highest BCUT2D eigenvalue weighted by Crippen LogP contribution is 2.50. The molecule has 0 fully saturated rings. The third-order valence-electron chi connectivity index (χ3n) is 16.5. The van der Waals surface area contributed by atoms with E-state index >= 15 is 0 Å². The van der Waals surface area contributed by atoms with Gasteiger partial charge in [-0.25, -0.2) is 0 Å². The summed E-state index contributed by atoms with van der Waals surface area (Å²) in [7, 11) is 0. The van der Waals surface area contributed by atoms with Gasteiger partial charge in [-0.15, -0.1) is 0 Å². The van der Waals surface area contributed by atoms with Gasteiger partial charge in [0.2, 0.25) is 0 Å². The van der Waals surface area contributed by atoms with Gasteiger partial charge in [-0.05, 0) is 166 Å². The van der Waals surface area contributed by atoms with Crippen LogP contribution in [0.1, 0.15) is 116 Å². The number of benzene rings is 9. The van der Waals surface area contributed by atoms with Crippen molar-refractivity contribution in [3.63, 3.8) is 0 Å². The number of hydrogen-bond acceptors (Lipinski definition) is 1. The van der Waals surface area contributed by atoms with E-state index in [9.17, 15) is 0 Å². The normalized spacial score (nSPS) is 13.6. The third-order valence-corrected chi connectivity index (χ3v) is 16.5. The van der Waals surface area contributed by atoms with Crippen LogP contribution in [0.2, 0.25) is 0 Å². The minimum atomic E-state index is -0.107. The Balaban J connectivity index is 1.21. The molecule has 3 heteroatoms. The van der Waals surface area contributed by atoms with E-state index in [0.29, 0.717) is 0 Å². The maximum Gasteiger partial charge on any atom is 0.333 e. The average molecular weight is 949 g/mol. The molecule has 2 aliphatic rings. The molecule has 0 aliphatic carbocycles. The Morgan fingerprint density at radius 3 is 1.51 bits per heavy atom. The Morgan fingerprint density at radius 1 is 0.384 bits per heavy atom. The zero-order valence-electron chi connectivity index (χ0n) is 45.6. The summed E-state index contributed by atoms with van der Waals surface area (Å²) in [6.45, 7) is 32.3. The summed E-state index contributed by atoms with van der Waals surface area (Å²) in [4.78, 5) is 2.64. The molecule has 2 nitrogen and oxygen atoms in total. The van der Waals surface area contributed by atoms with Crippen LogP contribution in [0.5, 0.6) is 0 Å². The van der Waals surface area contributed by atoms with E-state index in [-0.39, 0.29) is 28.5 Å². The van der Waals surface area contributed by atoms with Gasteiger partial charge < -0.3 is 9.38 Å². The lowest BCUT2D eigenvalue weighted by atomic mass is 9.44. The number of nitrogens with zero attached hydrogens (tertiary/aromatic N) is 2. The smallest absolute Gasteiger partial charge is 0.333 e. The van der Waals surface area contributed by atoms with Crippen LogP contribution >= 0.6 is 0 Å². The van der Waals surface area contributed by atoms with E-state index in [2.05, 4.69) is 270 Å². The molecular formula is C70H69BN2. The Labute approximate surface area is 434 Å². The number of anilines is 3. The highest BCUT2D eigenvalue weighted by atomic mass is 15.2. The van der Waals surface area contributed by atoms with E-state index < -0.39 is 0 Å². The van der Waals surface area contributed by atoms with Gasteiger partial charge in [0.25, 0.3) is 0 Å². The van der Waals surface area contributed by atoms with Crippen molar-refractivity contribution in [2.75, 3.05) is 4.90 Å². The maximum absolute atomic E-state index is 2.74. The molecule has 2 aliphatic heterocycles. The number of para-hydroxylation sites is 1. The van der Waals surface area contributed by atoms with Gasteiger partial charge in [-0.1, -0.05) is 210 Å². The Morgan fingerprint density at radius 2 is 0.918 bits per heavy atom. The van der Waals surface area contributed by atoms with Crippen LogP contribution in [0.15, 0.2) is 164 Å². The van der Waals surface area contributed by atoms with Crippen LogP contribution in [0.3, 0.4) is 0 Å². The van der Waals surface area contributed by atoms with E-state index in [4.69, 9.17) is 0 Å². The molecule has 0 unspecified atom stereocenters. The van der Waals surface area contributed by atoms with Crippen molar-refractivity contribution in [2.45, 2.75) is 119 Å². The van der Waals surface area contributed by atoms with Crippen LogP contribution in [0.25, 0.3) is 77.1 Å². The molecular weight excluding hydrogens is 880 g/mol. The first-order valence-electron chi connectivity index (χ1n) is 26.6. The molecule has 3 heterocycles. The van der Waals surface area contributed by atoms with E-state index in [1.165, 1.54) is 138 Å². The summed E-state index contributed by atoms with van der Waals surface area (Å²) < 4.78 is 2.74. The van der Waals surface area contributed by atoms with Crippen LogP contribution < -0.4 is 15.8 Å². The Bertz CT molecular complexity index is 3840. The fourth-order valence-electron chi connectivity index (χ4n) is 12.3. The lowest BCUT2D eigenvalue weighted by Crippen LogP contribution is -2.56. The van der Waals surface area contributed by atoms with Gasteiger partial charge in [0, 0.05) is 44.4 Å². The number of fused-ring (bicyclic) bond motifs is 9. The van der Waals surface area contributed by atoms with Crippen LogP contribution in [0.4, 0.5) is 17.1 Å². The molecule has 362 valence electrons. The molecule has 0 saturated carbocycles. The molecule has 9 aromatic carbocycles. The second kappa shape index (κ2) is 16.2. The quantitative estimate of drug-likeness (QED) is 0.160. The molecule has 0 radical (unpaired) electrons. The van der Waals surface area contributed by atoms with E-state index in [0.717, 1.165) is 0 Å². The number of aromatic nitrogens is 1. The number of hydrogen-bond donors (Lipinski definition) is 0. The molecule has 73 heavy (non-hydrogen) atoms. The standard InChI is InChI=1S/C70H69BN2/c1-42-18-15-19-43(2)63(42)54-20-16-21-55-53(54)33-35-61-64(55)57-23-17-22-56-58-36-47(45-26-31-49(32-27-45)68(6,7)8)38-62-65(58)71(73(61)66(56)57)59-37-46(44-24-29-48(30-25-44)67(3,4)5)28-34-60(59)72(62)52-40-50(69(9,10)11)39-51(41-52)70(12,13)14/h15-41H,1-14H3. The average Bonchev–Trinajstić information content (AvgIpc) is 3.71. The van der Waals surface area contributed by atoms with E-state index in [1.54, 1.807) is 0 Å². The van der Waals surface area contributed by atoms with E-state index in [1.807, 2.05) is 0 Å². The molecule has 0 spiro atoms. The Hall–Kier alpha value is -7.10. The third kappa shape index (κ3) is 7.51. The van der Waals surface area contributed by atoms with Gasteiger partial charge in [0.1, 0.15) is 0 Å².